The molecule has 0 spiro atoms. The maximum atomic E-state index is 11.9. The average molecular weight is 252 g/mol. The van der Waals surface area contributed by atoms with Crippen molar-refractivity contribution < 1.29 is 14.4 Å². The summed E-state index contributed by atoms with van der Waals surface area (Å²) in [6.07, 6.45) is 2.07. The van der Waals surface area contributed by atoms with Crippen molar-refractivity contribution in [1.29, 1.82) is 0 Å². The lowest BCUT2D eigenvalue weighted by Crippen LogP contribution is -2.41. The number of hydrogen-bond donors (Lipinski definition) is 0. The molecule has 0 N–H and O–H groups in total. The fourth-order valence-corrected chi connectivity index (χ4v) is 2.44. The number of nitrogens with zero attached hydrogens (tertiary/aromatic N) is 2. The Labute approximate surface area is 103 Å². The molecule has 6 heteroatoms. The number of rotatable bonds is 3. The summed E-state index contributed by atoms with van der Waals surface area (Å²) in [5, 5.41) is -0.330. The van der Waals surface area contributed by atoms with Crippen molar-refractivity contribution in [3.8, 4) is 0 Å². The van der Waals surface area contributed by atoms with E-state index in [2.05, 4.69) is 0 Å². The molecule has 0 bridgehead atoms. The van der Waals surface area contributed by atoms with Gasteiger partial charge in [0.05, 0.1) is 12.2 Å². The predicted octanol–water partition coefficient (Wildman–Crippen LogP) is 1.29. The molecular formula is C11H12N2O3S. The van der Waals surface area contributed by atoms with Gasteiger partial charge in [-0.2, -0.15) is 0 Å². The van der Waals surface area contributed by atoms with Gasteiger partial charge in [0.25, 0.3) is 5.24 Å². The molecule has 5 nitrogen and oxygen atoms in total. The van der Waals surface area contributed by atoms with Crippen LogP contribution < -0.4 is 0 Å². The molecule has 2 rings (SSSR count). The van der Waals surface area contributed by atoms with Crippen LogP contribution in [0, 0.1) is 0 Å². The summed E-state index contributed by atoms with van der Waals surface area (Å²) in [4.78, 5) is 36.0. The van der Waals surface area contributed by atoms with Crippen molar-refractivity contribution in [1.82, 2.24) is 9.47 Å². The monoisotopic (exact) mass is 252 g/mol. The van der Waals surface area contributed by atoms with Gasteiger partial charge in [0.2, 0.25) is 5.91 Å². The van der Waals surface area contributed by atoms with Crippen LogP contribution in [0.3, 0.4) is 0 Å². The number of carbonyl (C=O) groups is 3. The van der Waals surface area contributed by atoms with Gasteiger partial charge in [-0.25, -0.2) is 0 Å². The standard InChI is InChI=1S/C11H12N2O3S/c1-12-5-2-3-8(12)9(14)7-13-10(15)4-6-17-11(13)16/h2-3,5H,4,6-7H2,1H3. The highest BCUT2D eigenvalue weighted by Gasteiger charge is 2.29. The van der Waals surface area contributed by atoms with Crippen LogP contribution in [0.25, 0.3) is 0 Å². The van der Waals surface area contributed by atoms with E-state index in [0.29, 0.717) is 17.9 Å². The Morgan fingerprint density at radius 3 is 2.82 bits per heavy atom. The Bertz CT molecular complexity index is 465. The summed E-state index contributed by atoms with van der Waals surface area (Å²) in [7, 11) is 1.75. The number of ketones is 1. The first-order chi connectivity index (χ1) is 8.09. The molecule has 0 saturated carbocycles. The van der Waals surface area contributed by atoms with Gasteiger partial charge in [0.15, 0.2) is 5.78 Å². The van der Waals surface area contributed by atoms with Crippen LogP contribution in [-0.4, -0.2) is 38.7 Å². The van der Waals surface area contributed by atoms with Gasteiger partial charge >= 0.3 is 0 Å². The summed E-state index contributed by atoms with van der Waals surface area (Å²) in [6.45, 7) is -0.164. The number of aromatic nitrogens is 1. The van der Waals surface area contributed by atoms with E-state index in [1.165, 1.54) is 0 Å². The van der Waals surface area contributed by atoms with E-state index in [9.17, 15) is 14.4 Å². The number of Topliss-reactive ketones (excluding diaryl/α,β-unsaturated/α-hetero) is 1. The molecule has 1 saturated heterocycles. The highest BCUT2D eigenvalue weighted by atomic mass is 32.2. The molecule has 1 aromatic rings. The van der Waals surface area contributed by atoms with Crippen molar-refractivity contribution in [2.24, 2.45) is 7.05 Å². The Balaban J connectivity index is 2.10. The van der Waals surface area contributed by atoms with Gasteiger partial charge in [-0.3, -0.25) is 19.3 Å². The lowest BCUT2D eigenvalue weighted by atomic mass is 10.2. The smallest absolute Gasteiger partial charge is 0.288 e. The Kier molecular flexibility index (Phi) is 3.33. The SMILES string of the molecule is Cn1cccc1C(=O)CN1C(=O)CCSC1=O. The second kappa shape index (κ2) is 4.75. The van der Waals surface area contributed by atoms with E-state index in [-0.39, 0.29) is 23.5 Å². The number of thioether (sulfide) groups is 1. The quantitative estimate of drug-likeness (QED) is 0.761. The molecule has 2 heterocycles. The van der Waals surface area contributed by atoms with Crippen LogP contribution in [0.1, 0.15) is 16.9 Å². The summed E-state index contributed by atoms with van der Waals surface area (Å²) in [5.74, 6) is 0.0185. The van der Waals surface area contributed by atoms with Gasteiger partial charge in [-0.05, 0) is 12.1 Å². The van der Waals surface area contributed by atoms with E-state index in [1.54, 1.807) is 29.9 Å². The largest absolute Gasteiger partial charge is 0.348 e. The van der Waals surface area contributed by atoms with E-state index >= 15 is 0 Å². The molecule has 0 unspecified atom stereocenters. The topological polar surface area (TPSA) is 59.4 Å². The van der Waals surface area contributed by atoms with Gasteiger partial charge in [0.1, 0.15) is 0 Å². The zero-order chi connectivity index (χ0) is 12.4. The number of hydrogen-bond acceptors (Lipinski definition) is 4. The molecule has 0 radical (unpaired) electrons. The number of aryl methyl sites for hydroxylation is 1. The van der Waals surface area contributed by atoms with E-state index in [0.717, 1.165) is 16.7 Å². The zero-order valence-corrected chi connectivity index (χ0v) is 10.2. The van der Waals surface area contributed by atoms with Crippen molar-refractivity contribution >= 4 is 28.7 Å². The predicted molar refractivity (Wildman–Crippen MR) is 63.9 cm³/mol. The number of imide groups is 1. The molecule has 17 heavy (non-hydrogen) atoms. The van der Waals surface area contributed by atoms with E-state index < -0.39 is 0 Å². The van der Waals surface area contributed by atoms with Crippen LogP contribution in [-0.2, 0) is 11.8 Å². The third kappa shape index (κ3) is 2.41. The molecule has 1 aromatic heterocycles. The van der Waals surface area contributed by atoms with E-state index in [4.69, 9.17) is 0 Å². The summed E-state index contributed by atoms with van der Waals surface area (Å²) < 4.78 is 1.67. The lowest BCUT2D eigenvalue weighted by Gasteiger charge is -2.23. The molecular weight excluding hydrogens is 240 g/mol. The molecule has 2 amide bonds. The van der Waals surface area contributed by atoms with Crippen molar-refractivity contribution in [2.45, 2.75) is 6.42 Å². The van der Waals surface area contributed by atoms with Crippen LogP contribution >= 0.6 is 11.8 Å². The second-order valence-corrected chi connectivity index (χ2v) is 4.82. The fourth-order valence-electron chi connectivity index (χ4n) is 1.67. The minimum atomic E-state index is -0.330. The van der Waals surface area contributed by atoms with Crippen LogP contribution in [0.4, 0.5) is 4.79 Å². The molecule has 1 aliphatic heterocycles. The van der Waals surface area contributed by atoms with Gasteiger partial charge in [-0.15, -0.1) is 0 Å². The summed E-state index contributed by atoms with van der Waals surface area (Å²) >= 11 is 1.08. The average Bonchev–Trinajstić information content (AvgIpc) is 2.70. The number of carbonyl (C=O) groups excluding carboxylic acids is 3. The van der Waals surface area contributed by atoms with Crippen molar-refractivity contribution in [3.63, 3.8) is 0 Å². The Morgan fingerprint density at radius 1 is 1.47 bits per heavy atom. The van der Waals surface area contributed by atoms with E-state index in [1.807, 2.05) is 0 Å². The second-order valence-electron chi connectivity index (χ2n) is 3.77. The van der Waals surface area contributed by atoms with Gasteiger partial charge in [0, 0.05) is 25.4 Å². The lowest BCUT2D eigenvalue weighted by molar-refractivity contribution is -0.127. The molecule has 1 fully saturated rings. The van der Waals surface area contributed by atoms with Crippen LogP contribution in [0.2, 0.25) is 0 Å². The molecule has 0 aliphatic carbocycles. The minimum absolute atomic E-state index is 0.164. The first-order valence-corrected chi connectivity index (χ1v) is 6.20. The first kappa shape index (κ1) is 11.9. The normalized spacial score (nSPS) is 16.4. The highest BCUT2D eigenvalue weighted by molar-refractivity contribution is 8.13. The fraction of sp³-hybridized carbons (Fsp3) is 0.364. The summed E-state index contributed by atoms with van der Waals surface area (Å²) in [6, 6.07) is 3.43. The third-order valence-corrected chi connectivity index (χ3v) is 3.47. The minimum Gasteiger partial charge on any atom is -0.348 e. The number of amides is 2. The van der Waals surface area contributed by atoms with Crippen molar-refractivity contribution in [2.75, 3.05) is 12.3 Å². The molecule has 0 aromatic carbocycles. The Hall–Kier alpha value is -1.56. The van der Waals surface area contributed by atoms with Crippen molar-refractivity contribution in [3.05, 3.63) is 24.0 Å². The maximum absolute atomic E-state index is 11.9. The molecule has 1 aliphatic rings. The maximum Gasteiger partial charge on any atom is 0.288 e. The first-order valence-electron chi connectivity index (χ1n) is 5.21. The third-order valence-electron chi connectivity index (χ3n) is 2.59. The van der Waals surface area contributed by atoms with Crippen LogP contribution in [0.5, 0.6) is 0 Å². The Morgan fingerprint density at radius 2 is 2.24 bits per heavy atom. The van der Waals surface area contributed by atoms with Crippen LogP contribution in [0.15, 0.2) is 18.3 Å². The zero-order valence-electron chi connectivity index (χ0n) is 9.38. The van der Waals surface area contributed by atoms with Gasteiger partial charge in [-0.1, -0.05) is 11.8 Å². The van der Waals surface area contributed by atoms with Gasteiger partial charge < -0.3 is 4.57 Å². The molecule has 0 atom stereocenters. The highest BCUT2D eigenvalue weighted by Crippen LogP contribution is 2.18. The summed E-state index contributed by atoms with van der Waals surface area (Å²) in [5.41, 5.74) is 0.501. The molecule has 90 valence electrons.